The summed E-state index contributed by atoms with van der Waals surface area (Å²) in [5.41, 5.74) is 5.07. The van der Waals surface area contributed by atoms with Gasteiger partial charge in [-0.05, 0) is 0 Å². The highest BCUT2D eigenvalue weighted by Gasteiger charge is 2.05. The molecule has 0 saturated heterocycles. The standard InChI is InChI=1S/C9H15N5O3/c1-6-13-7(14-17-6)2-3-11-9(16)5-12-8(15)4-10/h2-5,10H2,1H3,(H,11,16)(H,12,15). The number of hydrogen-bond acceptors (Lipinski definition) is 6. The number of carbonyl (C=O) groups excluding carboxylic acids is 2. The van der Waals surface area contributed by atoms with Crippen LogP contribution in [0.15, 0.2) is 4.52 Å². The van der Waals surface area contributed by atoms with Crippen molar-refractivity contribution in [3.8, 4) is 0 Å². The molecule has 1 rings (SSSR count). The molecule has 0 atom stereocenters. The van der Waals surface area contributed by atoms with Crippen LogP contribution in [0.5, 0.6) is 0 Å². The minimum Gasteiger partial charge on any atom is -0.354 e. The minimum absolute atomic E-state index is 0.0820. The van der Waals surface area contributed by atoms with Crippen molar-refractivity contribution in [1.29, 1.82) is 0 Å². The van der Waals surface area contributed by atoms with E-state index in [0.717, 1.165) is 0 Å². The number of hydrogen-bond donors (Lipinski definition) is 3. The second-order valence-corrected chi connectivity index (χ2v) is 3.31. The van der Waals surface area contributed by atoms with Gasteiger partial charge in [0.15, 0.2) is 5.82 Å². The fourth-order valence-corrected chi connectivity index (χ4v) is 1.07. The van der Waals surface area contributed by atoms with E-state index in [9.17, 15) is 9.59 Å². The molecule has 8 nitrogen and oxygen atoms in total. The number of nitrogens with one attached hydrogen (secondary N) is 2. The number of nitrogens with two attached hydrogens (primary N) is 1. The molecule has 1 heterocycles. The normalized spacial score (nSPS) is 10.0. The van der Waals surface area contributed by atoms with E-state index >= 15 is 0 Å². The molecule has 0 aliphatic carbocycles. The minimum atomic E-state index is -0.367. The van der Waals surface area contributed by atoms with E-state index in [1.54, 1.807) is 6.92 Å². The van der Waals surface area contributed by atoms with Crippen LogP contribution in [0.2, 0.25) is 0 Å². The third-order valence-electron chi connectivity index (χ3n) is 1.87. The summed E-state index contributed by atoms with van der Waals surface area (Å²) in [4.78, 5) is 26.0. The fourth-order valence-electron chi connectivity index (χ4n) is 1.07. The van der Waals surface area contributed by atoms with Crippen LogP contribution >= 0.6 is 0 Å². The van der Waals surface area contributed by atoms with Crippen LogP contribution < -0.4 is 16.4 Å². The first-order valence-corrected chi connectivity index (χ1v) is 5.14. The van der Waals surface area contributed by atoms with Crippen LogP contribution in [-0.4, -0.2) is 41.6 Å². The zero-order chi connectivity index (χ0) is 12.7. The van der Waals surface area contributed by atoms with Gasteiger partial charge in [0, 0.05) is 19.9 Å². The number of aryl methyl sites for hydroxylation is 1. The van der Waals surface area contributed by atoms with E-state index < -0.39 is 0 Å². The van der Waals surface area contributed by atoms with Gasteiger partial charge in [0.05, 0.1) is 13.1 Å². The SMILES string of the molecule is Cc1nc(CCNC(=O)CNC(=O)CN)no1. The molecular weight excluding hydrogens is 226 g/mol. The Kier molecular flexibility index (Phi) is 5.08. The highest BCUT2D eigenvalue weighted by Crippen LogP contribution is 1.94. The second-order valence-electron chi connectivity index (χ2n) is 3.31. The van der Waals surface area contributed by atoms with Gasteiger partial charge in [0.25, 0.3) is 0 Å². The predicted octanol–water partition coefficient (Wildman–Crippen LogP) is -1.89. The first-order valence-electron chi connectivity index (χ1n) is 5.14. The summed E-state index contributed by atoms with van der Waals surface area (Å²) in [6, 6.07) is 0. The van der Waals surface area contributed by atoms with Crippen molar-refractivity contribution in [2.75, 3.05) is 19.6 Å². The molecule has 2 amide bonds. The third-order valence-corrected chi connectivity index (χ3v) is 1.87. The fraction of sp³-hybridized carbons (Fsp3) is 0.556. The van der Waals surface area contributed by atoms with Crippen molar-refractivity contribution in [3.63, 3.8) is 0 Å². The Balaban J connectivity index is 2.14. The topological polar surface area (TPSA) is 123 Å². The average Bonchev–Trinajstić information content (AvgIpc) is 2.72. The number of rotatable bonds is 6. The molecule has 0 radical (unpaired) electrons. The van der Waals surface area contributed by atoms with Crippen molar-refractivity contribution < 1.29 is 14.1 Å². The van der Waals surface area contributed by atoms with E-state index in [2.05, 4.69) is 20.8 Å². The highest BCUT2D eigenvalue weighted by molar-refractivity contribution is 5.85. The Morgan fingerprint density at radius 2 is 2.12 bits per heavy atom. The summed E-state index contributed by atoms with van der Waals surface area (Å²) in [6.45, 7) is 1.87. The zero-order valence-corrected chi connectivity index (χ0v) is 9.52. The highest BCUT2D eigenvalue weighted by atomic mass is 16.5. The van der Waals surface area contributed by atoms with Crippen LogP contribution in [0, 0.1) is 6.92 Å². The second kappa shape index (κ2) is 6.59. The molecule has 0 fully saturated rings. The molecule has 17 heavy (non-hydrogen) atoms. The average molecular weight is 241 g/mol. The van der Waals surface area contributed by atoms with Gasteiger partial charge >= 0.3 is 0 Å². The maximum absolute atomic E-state index is 11.2. The van der Waals surface area contributed by atoms with E-state index in [-0.39, 0.29) is 24.9 Å². The molecule has 0 saturated carbocycles. The third kappa shape index (κ3) is 5.07. The Labute approximate surface area is 97.9 Å². The van der Waals surface area contributed by atoms with E-state index in [1.165, 1.54) is 0 Å². The van der Waals surface area contributed by atoms with E-state index in [0.29, 0.717) is 24.7 Å². The lowest BCUT2D eigenvalue weighted by atomic mass is 10.4. The smallest absolute Gasteiger partial charge is 0.239 e. The van der Waals surface area contributed by atoms with Gasteiger partial charge in [-0.2, -0.15) is 4.98 Å². The van der Waals surface area contributed by atoms with Crippen LogP contribution in [0.1, 0.15) is 11.7 Å². The summed E-state index contributed by atoms with van der Waals surface area (Å²) in [6.07, 6.45) is 0.480. The predicted molar refractivity (Wildman–Crippen MR) is 57.8 cm³/mol. The Morgan fingerprint density at radius 3 is 2.71 bits per heavy atom. The molecule has 0 unspecified atom stereocenters. The van der Waals surface area contributed by atoms with Crippen molar-refractivity contribution in [2.45, 2.75) is 13.3 Å². The number of aromatic nitrogens is 2. The lowest BCUT2D eigenvalue weighted by Gasteiger charge is -2.04. The lowest BCUT2D eigenvalue weighted by Crippen LogP contribution is -2.40. The summed E-state index contributed by atoms with van der Waals surface area (Å²) < 4.78 is 4.77. The summed E-state index contributed by atoms with van der Waals surface area (Å²) in [5.74, 6) is 0.372. The first kappa shape index (κ1) is 13.1. The van der Waals surface area contributed by atoms with Gasteiger partial charge in [-0.3, -0.25) is 9.59 Å². The Hall–Kier alpha value is -1.96. The van der Waals surface area contributed by atoms with Gasteiger partial charge in [0.2, 0.25) is 17.7 Å². The van der Waals surface area contributed by atoms with Crippen molar-refractivity contribution in [3.05, 3.63) is 11.7 Å². The molecule has 1 aromatic rings. The molecule has 1 aromatic heterocycles. The molecule has 0 aromatic carbocycles. The van der Waals surface area contributed by atoms with E-state index in [4.69, 9.17) is 10.3 Å². The monoisotopic (exact) mass is 241 g/mol. The van der Waals surface area contributed by atoms with Gasteiger partial charge in [-0.15, -0.1) is 0 Å². The van der Waals surface area contributed by atoms with Crippen molar-refractivity contribution in [1.82, 2.24) is 20.8 Å². The summed E-state index contributed by atoms with van der Waals surface area (Å²) >= 11 is 0. The van der Waals surface area contributed by atoms with Gasteiger partial charge < -0.3 is 20.9 Å². The molecule has 4 N–H and O–H groups in total. The molecule has 94 valence electrons. The first-order chi connectivity index (χ1) is 8.11. The lowest BCUT2D eigenvalue weighted by molar-refractivity contribution is -0.125. The Bertz CT molecular complexity index is 390. The molecule has 0 aliphatic rings. The number of carbonyl (C=O) groups is 2. The quantitative estimate of drug-likeness (QED) is 0.535. The summed E-state index contributed by atoms with van der Waals surface area (Å²) in [5, 5.41) is 8.64. The molecule has 0 bridgehead atoms. The van der Waals surface area contributed by atoms with Gasteiger partial charge in [0.1, 0.15) is 0 Å². The van der Waals surface area contributed by atoms with Crippen LogP contribution in [0.4, 0.5) is 0 Å². The maximum atomic E-state index is 11.2. The largest absolute Gasteiger partial charge is 0.354 e. The van der Waals surface area contributed by atoms with Crippen LogP contribution in [-0.2, 0) is 16.0 Å². The molecule has 8 heteroatoms. The van der Waals surface area contributed by atoms with Gasteiger partial charge in [-0.25, -0.2) is 0 Å². The van der Waals surface area contributed by atoms with Crippen LogP contribution in [0.25, 0.3) is 0 Å². The molecular formula is C9H15N5O3. The van der Waals surface area contributed by atoms with Crippen molar-refractivity contribution in [2.24, 2.45) is 5.73 Å². The Morgan fingerprint density at radius 1 is 1.35 bits per heavy atom. The molecule has 0 spiro atoms. The maximum Gasteiger partial charge on any atom is 0.239 e. The zero-order valence-electron chi connectivity index (χ0n) is 9.52. The van der Waals surface area contributed by atoms with Crippen LogP contribution in [0.3, 0.4) is 0 Å². The van der Waals surface area contributed by atoms with Crippen molar-refractivity contribution >= 4 is 11.8 Å². The summed E-state index contributed by atoms with van der Waals surface area (Å²) in [7, 11) is 0. The molecule has 0 aliphatic heterocycles. The van der Waals surface area contributed by atoms with Gasteiger partial charge in [-0.1, -0.05) is 5.16 Å². The number of nitrogens with zero attached hydrogens (tertiary/aromatic N) is 2. The number of amides is 2. The van der Waals surface area contributed by atoms with E-state index in [1.807, 2.05) is 0 Å².